The third kappa shape index (κ3) is 2.81. The number of hydrogen-bond donors (Lipinski definition) is 0. The van der Waals surface area contributed by atoms with Crippen LogP contribution in [0.5, 0.6) is 5.75 Å². The van der Waals surface area contributed by atoms with Gasteiger partial charge in [0.1, 0.15) is 18.4 Å². The van der Waals surface area contributed by atoms with E-state index in [1.54, 1.807) is 24.3 Å². The Hall–Kier alpha value is -1.46. The second kappa shape index (κ2) is 5.23. The van der Waals surface area contributed by atoms with E-state index in [1.165, 1.54) is 5.54 Å². The van der Waals surface area contributed by atoms with Crippen LogP contribution in [-0.4, -0.2) is 6.61 Å². The molecule has 0 aromatic heterocycles. The van der Waals surface area contributed by atoms with E-state index in [4.69, 9.17) is 21.6 Å². The Bertz CT molecular complexity index is 341. The monoisotopic (exact) mass is 193 g/mol. The number of para-hydroxylation sites is 1. The molecule has 0 radical (unpaired) electrons. The van der Waals surface area contributed by atoms with E-state index < -0.39 is 0 Å². The van der Waals surface area contributed by atoms with Gasteiger partial charge in [0.05, 0.1) is 5.56 Å². The summed E-state index contributed by atoms with van der Waals surface area (Å²) < 4.78 is 5.27. The van der Waals surface area contributed by atoms with Crippen molar-refractivity contribution < 1.29 is 4.74 Å². The standard InChI is InChI=1S/C10H8ClNO/c11-6-3-7-13-10-5-2-1-4-9(10)8-12/h1-6H,7H2/b6-3+. The molecule has 3 heteroatoms. The highest BCUT2D eigenvalue weighted by molar-refractivity contribution is 6.25. The first-order chi connectivity index (χ1) is 6.38. The molecular weight excluding hydrogens is 186 g/mol. The summed E-state index contributed by atoms with van der Waals surface area (Å²) in [5.41, 5.74) is 1.92. The maximum absolute atomic E-state index is 8.70. The molecule has 0 saturated carbocycles. The Morgan fingerprint density at radius 2 is 2.23 bits per heavy atom. The maximum atomic E-state index is 8.70. The van der Waals surface area contributed by atoms with Crippen LogP contribution < -0.4 is 4.74 Å². The predicted octanol–water partition coefficient (Wildman–Crippen LogP) is 2.69. The molecule has 0 amide bonds. The van der Waals surface area contributed by atoms with Crippen LogP contribution in [0, 0.1) is 11.3 Å². The van der Waals surface area contributed by atoms with E-state index in [9.17, 15) is 0 Å². The van der Waals surface area contributed by atoms with Crippen molar-refractivity contribution >= 4 is 11.6 Å². The lowest BCUT2D eigenvalue weighted by Crippen LogP contribution is -1.94. The van der Waals surface area contributed by atoms with Crippen molar-refractivity contribution in [3.8, 4) is 11.8 Å². The second-order valence-corrected chi connectivity index (χ2v) is 2.53. The highest BCUT2D eigenvalue weighted by atomic mass is 35.5. The zero-order valence-corrected chi connectivity index (χ0v) is 7.66. The van der Waals surface area contributed by atoms with E-state index >= 15 is 0 Å². The third-order valence-corrected chi connectivity index (χ3v) is 1.61. The predicted molar refractivity (Wildman–Crippen MR) is 51.6 cm³/mol. The van der Waals surface area contributed by atoms with Crippen molar-refractivity contribution in [2.45, 2.75) is 0 Å². The minimum Gasteiger partial charge on any atom is -0.488 e. The number of nitrogens with zero attached hydrogens (tertiary/aromatic N) is 1. The van der Waals surface area contributed by atoms with Gasteiger partial charge in [-0.1, -0.05) is 23.7 Å². The van der Waals surface area contributed by atoms with Crippen LogP contribution in [0.2, 0.25) is 0 Å². The maximum Gasteiger partial charge on any atom is 0.137 e. The van der Waals surface area contributed by atoms with Gasteiger partial charge in [0.15, 0.2) is 0 Å². The Morgan fingerprint density at radius 3 is 2.92 bits per heavy atom. The molecule has 0 unspecified atom stereocenters. The summed E-state index contributed by atoms with van der Waals surface area (Å²) in [6.07, 6.45) is 1.66. The van der Waals surface area contributed by atoms with Crippen molar-refractivity contribution in [2.24, 2.45) is 0 Å². The molecule has 0 fully saturated rings. The normalized spacial score (nSPS) is 9.85. The quantitative estimate of drug-likeness (QED) is 0.740. The SMILES string of the molecule is N#Cc1ccccc1OC/C=C/Cl. The molecule has 0 aliphatic heterocycles. The zero-order valence-electron chi connectivity index (χ0n) is 6.90. The first-order valence-electron chi connectivity index (χ1n) is 3.75. The molecule has 1 aromatic carbocycles. The molecule has 0 bridgehead atoms. The zero-order chi connectivity index (χ0) is 9.52. The Balaban J connectivity index is 2.71. The molecule has 66 valence electrons. The molecule has 0 spiro atoms. The summed E-state index contributed by atoms with van der Waals surface area (Å²) in [5, 5.41) is 8.70. The summed E-state index contributed by atoms with van der Waals surface area (Å²) in [7, 11) is 0. The Morgan fingerprint density at radius 1 is 1.46 bits per heavy atom. The van der Waals surface area contributed by atoms with Crippen LogP contribution in [0.3, 0.4) is 0 Å². The fourth-order valence-electron chi connectivity index (χ4n) is 0.859. The molecular formula is C10H8ClNO. The van der Waals surface area contributed by atoms with Crippen LogP contribution in [0.4, 0.5) is 0 Å². The van der Waals surface area contributed by atoms with Crippen molar-refractivity contribution in [3.63, 3.8) is 0 Å². The first kappa shape index (κ1) is 9.63. The Kier molecular flexibility index (Phi) is 3.87. The number of halogens is 1. The number of rotatable bonds is 3. The van der Waals surface area contributed by atoms with E-state index in [-0.39, 0.29) is 0 Å². The fraction of sp³-hybridized carbons (Fsp3) is 0.100. The minimum atomic E-state index is 0.377. The van der Waals surface area contributed by atoms with Crippen LogP contribution in [0.1, 0.15) is 5.56 Å². The third-order valence-electron chi connectivity index (χ3n) is 1.43. The van der Waals surface area contributed by atoms with Gasteiger partial charge >= 0.3 is 0 Å². The summed E-state index contributed by atoms with van der Waals surface area (Å²) in [5.74, 6) is 0.583. The summed E-state index contributed by atoms with van der Waals surface area (Å²) >= 11 is 5.32. The highest BCUT2D eigenvalue weighted by Crippen LogP contribution is 2.16. The number of hydrogen-bond acceptors (Lipinski definition) is 2. The van der Waals surface area contributed by atoms with E-state index in [1.807, 2.05) is 12.1 Å². The van der Waals surface area contributed by atoms with E-state index in [0.717, 1.165) is 0 Å². The largest absolute Gasteiger partial charge is 0.488 e. The number of nitriles is 1. The minimum absolute atomic E-state index is 0.377. The molecule has 1 aromatic rings. The van der Waals surface area contributed by atoms with Gasteiger partial charge in [-0.25, -0.2) is 0 Å². The summed E-state index contributed by atoms with van der Waals surface area (Å²) in [6, 6.07) is 9.11. The lowest BCUT2D eigenvalue weighted by molar-refractivity contribution is 0.362. The van der Waals surface area contributed by atoms with Gasteiger partial charge in [-0.05, 0) is 18.2 Å². The molecule has 0 aliphatic carbocycles. The molecule has 0 atom stereocenters. The van der Waals surface area contributed by atoms with Crippen LogP contribution in [-0.2, 0) is 0 Å². The molecule has 0 aliphatic rings. The van der Waals surface area contributed by atoms with Crippen molar-refractivity contribution in [2.75, 3.05) is 6.61 Å². The summed E-state index contributed by atoms with van der Waals surface area (Å²) in [6.45, 7) is 0.377. The fourth-order valence-corrected chi connectivity index (χ4v) is 0.932. The number of ether oxygens (including phenoxy) is 1. The molecule has 0 N–H and O–H groups in total. The molecule has 2 nitrogen and oxygen atoms in total. The van der Waals surface area contributed by atoms with Gasteiger partial charge in [0.25, 0.3) is 0 Å². The topological polar surface area (TPSA) is 33.0 Å². The molecule has 1 rings (SSSR count). The summed E-state index contributed by atoms with van der Waals surface area (Å²) in [4.78, 5) is 0. The van der Waals surface area contributed by atoms with Crippen molar-refractivity contribution in [3.05, 3.63) is 41.4 Å². The van der Waals surface area contributed by atoms with Gasteiger partial charge in [-0.3, -0.25) is 0 Å². The van der Waals surface area contributed by atoms with Gasteiger partial charge in [0.2, 0.25) is 0 Å². The van der Waals surface area contributed by atoms with Gasteiger partial charge in [0, 0.05) is 5.54 Å². The average molecular weight is 194 g/mol. The molecule has 0 saturated heterocycles. The van der Waals surface area contributed by atoms with Gasteiger partial charge in [-0.15, -0.1) is 0 Å². The van der Waals surface area contributed by atoms with E-state index in [0.29, 0.717) is 17.9 Å². The van der Waals surface area contributed by atoms with Crippen molar-refractivity contribution in [1.29, 1.82) is 5.26 Å². The van der Waals surface area contributed by atoms with Gasteiger partial charge < -0.3 is 4.74 Å². The first-order valence-corrected chi connectivity index (χ1v) is 4.19. The smallest absolute Gasteiger partial charge is 0.137 e. The second-order valence-electron chi connectivity index (χ2n) is 2.28. The number of benzene rings is 1. The Labute approximate surface area is 82.0 Å². The van der Waals surface area contributed by atoms with Crippen LogP contribution in [0.25, 0.3) is 0 Å². The average Bonchev–Trinajstić information content (AvgIpc) is 2.19. The lowest BCUT2D eigenvalue weighted by Gasteiger charge is -2.03. The van der Waals surface area contributed by atoms with Gasteiger partial charge in [-0.2, -0.15) is 5.26 Å². The highest BCUT2D eigenvalue weighted by Gasteiger charge is 1.98. The van der Waals surface area contributed by atoms with Crippen LogP contribution in [0.15, 0.2) is 35.9 Å². The molecule has 0 heterocycles. The van der Waals surface area contributed by atoms with Crippen LogP contribution >= 0.6 is 11.6 Å². The lowest BCUT2D eigenvalue weighted by atomic mass is 10.2. The van der Waals surface area contributed by atoms with E-state index in [2.05, 4.69) is 0 Å². The molecule has 13 heavy (non-hydrogen) atoms. The van der Waals surface area contributed by atoms with Crippen molar-refractivity contribution in [1.82, 2.24) is 0 Å².